The Morgan fingerprint density at radius 1 is 0.822 bits per heavy atom. The van der Waals surface area contributed by atoms with Gasteiger partial charge in [0.2, 0.25) is 29.5 Å². The smallest absolute Gasteiger partial charge is 0.244 e. The summed E-state index contributed by atoms with van der Waals surface area (Å²) in [6, 6.07) is -3.22. The van der Waals surface area contributed by atoms with E-state index in [4.69, 9.17) is 0 Å². The first kappa shape index (κ1) is 41.0. The summed E-state index contributed by atoms with van der Waals surface area (Å²) < 4.78 is 0. The zero-order valence-corrected chi connectivity index (χ0v) is 30.0. The van der Waals surface area contributed by atoms with Gasteiger partial charge in [-0.1, -0.05) is 54.4 Å². The molecular weight excluding hydrogens is 615 g/mol. The van der Waals surface area contributed by atoms with Gasteiger partial charge in [-0.05, 0) is 55.4 Å². The Kier molecular flexibility index (Phi) is 20.5. The maximum atomic E-state index is 13.5. The highest BCUT2D eigenvalue weighted by Crippen LogP contribution is 2.16. The van der Waals surface area contributed by atoms with E-state index < -0.39 is 48.0 Å². The summed E-state index contributed by atoms with van der Waals surface area (Å²) >= 11 is 3.22. The molecule has 45 heavy (non-hydrogen) atoms. The number of thioether (sulfide) groups is 2. The SMILES string of the molecule is CC(C)CCNC(=O)[C@H](C)NC(=O)C[C@H](O)[C@@H]1CSCCCCCCSC[C@H](NC(=O)CC(C)C)C(=O)N[C@@H](C(C)C)C(=O)N1. The van der Waals surface area contributed by atoms with Crippen molar-refractivity contribution >= 4 is 53.1 Å². The number of rotatable bonds is 12. The molecule has 0 spiro atoms. The third-order valence-corrected chi connectivity index (χ3v) is 9.70. The number of nitrogens with one attached hydrogen (secondary N) is 5. The van der Waals surface area contributed by atoms with Gasteiger partial charge in [0.05, 0.1) is 18.6 Å². The first-order valence-corrected chi connectivity index (χ1v) is 18.8. The lowest BCUT2D eigenvalue weighted by atomic mass is 10.0. The largest absolute Gasteiger partial charge is 0.390 e. The van der Waals surface area contributed by atoms with Crippen molar-refractivity contribution in [2.24, 2.45) is 17.8 Å². The second-order valence-corrected chi connectivity index (χ2v) is 15.5. The molecule has 5 amide bonds. The van der Waals surface area contributed by atoms with Crippen molar-refractivity contribution < 1.29 is 29.1 Å². The van der Waals surface area contributed by atoms with Crippen molar-refractivity contribution in [2.75, 3.05) is 29.6 Å². The highest BCUT2D eigenvalue weighted by Gasteiger charge is 2.32. The third kappa shape index (κ3) is 18.1. The molecule has 5 atom stereocenters. The van der Waals surface area contributed by atoms with Crippen LogP contribution in [0.5, 0.6) is 0 Å². The van der Waals surface area contributed by atoms with Crippen LogP contribution in [0.3, 0.4) is 0 Å². The maximum absolute atomic E-state index is 13.5. The predicted octanol–water partition coefficient (Wildman–Crippen LogP) is 2.60. The fourth-order valence-electron chi connectivity index (χ4n) is 4.63. The van der Waals surface area contributed by atoms with Crippen LogP contribution in [0.2, 0.25) is 0 Å². The number of carbonyl (C=O) groups is 5. The van der Waals surface area contributed by atoms with E-state index in [2.05, 4.69) is 40.4 Å². The van der Waals surface area contributed by atoms with E-state index >= 15 is 0 Å². The van der Waals surface area contributed by atoms with Gasteiger partial charge < -0.3 is 31.7 Å². The highest BCUT2D eigenvalue weighted by molar-refractivity contribution is 7.99. The number of hydrogen-bond donors (Lipinski definition) is 6. The normalized spacial score (nSPS) is 22.6. The van der Waals surface area contributed by atoms with Gasteiger partial charge in [-0.15, -0.1) is 0 Å². The summed E-state index contributed by atoms with van der Waals surface area (Å²) in [5.41, 5.74) is 0. The highest BCUT2D eigenvalue weighted by atomic mass is 32.2. The van der Waals surface area contributed by atoms with E-state index in [0.717, 1.165) is 43.6 Å². The summed E-state index contributed by atoms with van der Waals surface area (Å²) in [6.45, 7) is 13.7. The number of hydrogen-bond acceptors (Lipinski definition) is 8. The summed E-state index contributed by atoms with van der Waals surface area (Å²) in [7, 11) is 0. The zero-order valence-electron chi connectivity index (χ0n) is 28.4. The second-order valence-electron chi connectivity index (χ2n) is 13.2. The van der Waals surface area contributed by atoms with Crippen molar-refractivity contribution in [3.63, 3.8) is 0 Å². The molecule has 1 saturated heterocycles. The van der Waals surface area contributed by atoms with Crippen LogP contribution in [-0.2, 0) is 24.0 Å². The van der Waals surface area contributed by atoms with Crippen LogP contribution in [0.4, 0.5) is 0 Å². The molecule has 0 saturated carbocycles. The summed E-state index contributed by atoms with van der Waals surface area (Å²) in [5.74, 6) is 0.923. The van der Waals surface area contributed by atoms with Crippen LogP contribution in [0, 0.1) is 17.8 Å². The zero-order chi connectivity index (χ0) is 33.9. The van der Waals surface area contributed by atoms with E-state index in [-0.39, 0.29) is 30.1 Å². The monoisotopic (exact) mass is 673 g/mol. The van der Waals surface area contributed by atoms with Gasteiger partial charge >= 0.3 is 0 Å². The van der Waals surface area contributed by atoms with Crippen LogP contribution in [0.25, 0.3) is 0 Å². The minimum atomic E-state index is -1.21. The Morgan fingerprint density at radius 3 is 2.02 bits per heavy atom. The molecule has 11 nitrogen and oxygen atoms in total. The molecule has 13 heteroatoms. The first-order valence-electron chi connectivity index (χ1n) is 16.5. The Balaban J connectivity index is 3.01. The molecule has 1 rings (SSSR count). The summed E-state index contributed by atoms with van der Waals surface area (Å²) in [4.78, 5) is 64.7. The quantitative estimate of drug-likeness (QED) is 0.184. The van der Waals surface area contributed by atoms with Gasteiger partial charge in [0.25, 0.3) is 0 Å². The Labute approximate surface area is 279 Å². The molecular formula is C32H59N5O6S2. The molecule has 0 unspecified atom stereocenters. The Bertz CT molecular complexity index is 936. The average Bonchev–Trinajstić information content (AvgIpc) is 2.93. The minimum absolute atomic E-state index is 0.142. The standard InChI is InChI=1S/C32H59N5O6S2/c1-20(2)12-13-33-30(41)23(7)34-28(40)17-26(38)24-18-44-14-10-8-9-11-15-45-19-25(35-27(39)16-21(3)4)31(42)37-29(22(5)6)32(43)36-24/h20-26,29,38H,8-19H2,1-7H3,(H,33,41)(H,34,40)(H,35,39)(H,36,43)(H,37,42)/t23-,24-,25-,26-,29-/m0/s1. The van der Waals surface area contributed by atoms with Crippen molar-refractivity contribution in [1.82, 2.24) is 26.6 Å². The molecule has 0 aromatic carbocycles. The molecule has 1 fully saturated rings. The molecule has 260 valence electrons. The Hall–Kier alpha value is -1.99. The summed E-state index contributed by atoms with van der Waals surface area (Å²) in [5, 5.41) is 25.1. The lowest BCUT2D eigenvalue weighted by molar-refractivity contribution is -0.133. The number of aliphatic hydroxyl groups is 1. The van der Waals surface area contributed by atoms with Crippen LogP contribution in [-0.4, -0.2) is 94.5 Å². The molecule has 0 aromatic rings. The molecule has 1 aliphatic heterocycles. The molecule has 0 bridgehead atoms. The number of aliphatic hydroxyl groups excluding tert-OH is 1. The molecule has 6 N–H and O–H groups in total. The number of carbonyl (C=O) groups excluding carboxylic acids is 5. The molecule has 1 heterocycles. The molecule has 1 aliphatic rings. The van der Waals surface area contributed by atoms with Crippen molar-refractivity contribution in [1.29, 1.82) is 0 Å². The molecule has 0 aromatic heterocycles. The van der Waals surface area contributed by atoms with Gasteiger partial charge in [-0.3, -0.25) is 24.0 Å². The van der Waals surface area contributed by atoms with Crippen molar-refractivity contribution in [3.8, 4) is 0 Å². The lowest BCUT2D eigenvalue weighted by Gasteiger charge is -2.29. The third-order valence-electron chi connectivity index (χ3n) is 7.38. The predicted molar refractivity (Wildman–Crippen MR) is 184 cm³/mol. The topological polar surface area (TPSA) is 166 Å². The maximum Gasteiger partial charge on any atom is 0.244 e. The lowest BCUT2D eigenvalue weighted by Crippen LogP contribution is -2.59. The molecule has 0 radical (unpaired) electrons. The van der Waals surface area contributed by atoms with Gasteiger partial charge in [-0.25, -0.2) is 0 Å². The van der Waals surface area contributed by atoms with Crippen LogP contribution in [0.15, 0.2) is 0 Å². The minimum Gasteiger partial charge on any atom is -0.390 e. The van der Waals surface area contributed by atoms with Gasteiger partial charge in [0, 0.05) is 24.5 Å². The average molecular weight is 674 g/mol. The van der Waals surface area contributed by atoms with Crippen molar-refractivity contribution in [2.45, 2.75) is 124 Å². The van der Waals surface area contributed by atoms with Crippen LogP contribution >= 0.6 is 23.5 Å². The van der Waals surface area contributed by atoms with Crippen molar-refractivity contribution in [3.05, 3.63) is 0 Å². The van der Waals surface area contributed by atoms with Gasteiger partial charge in [-0.2, -0.15) is 23.5 Å². The summed E-state index contributed by atoms with van der Waals surface area (Å²) in [6.07, 6.45) is 3.70. The van der Waals surface area contributed by atoms with Crippen LogP contribution < -0.4 is 26.6 Å². The number of amides is 5. The van der Waals surface area contributed by atoms with Gasteiger partial charge in [0.15, 0.2) is 0 Å². The second kappa shape index (κ2) is 22.5. The van der Waals surface area contributed by atoms with E-state index in [0.29, 0.717) is 30.4 Å². The van der Waals surface area contributed by atoms with E-state index in [1.165, 1.54) is 0 Å². The van der Waals surface area contributed by atoms with E-state index in [1.807, 2.05) is 27.7 Å². The van der Waals surface area contributed by atoms with E-state index in [9.17, 15) is 29.1 Å². The molecule has 0 aliphatic carbocycles. The fourth-order valence-corrected chi connectivity index (χ4v) is 6.81. The van der Waals surface area contributed by atoms with Gasteiger partial charge in [0.1, 0.15) is 18.1 Å². The fraction of sp³-hybridized carbons (Fsp3) is 0.844. The first-order chi connectivity index (χ1) is 21.2. The van der Waals surface area contributed by atoms with Crippen LogP contribution in [0.1, 0.15) is 93.4 Å². The van der Waals surface area contributed by atoms with E-state index in [1.54, 1.807) is 30.4 Å². The Morgan fingerprint density at radius 2 is 1.44 bits per heavy atom.